The number of halogens is 2. The van der Waals surface area contributed by atoms with Gasteiger partial charge in [-0.1, -0.05) is 29.8 Å². The Hall–Kier alpha value is -3.58. The molecule has 1 aliphatic rings. The summed E-state index contributed by atoms with van der Waals surface area (Å²) >= 11 is 6.20. The molecule has 2 heterocycles. The molecule has 0 spiro atoms. The van der Waals surface area contributed by atoms with Crippen molar-refractivity contribution in [2.75, 3.05) is 12.0 Å². The molecule has 8 heteroatoms. The molecule has 4 rings (SSSR count). The van der Waals surface area contributed by atoms with Gasteiger partial charge in [-0.2, -0.15) is 0 Å². The van der Waals surface area contributed by atoms with E-state index >= 15 is 0 Å². The number of amides is 1. The summed E-state index contributed by atoms with van der Waals surface area (Å²) in [6, 6.07) is 11.9. The molecule has 1 aromatic heterocycles. The summed E-state index contributed by atoms with van der Waals surface area (Å²) in [6.45, 7) is 0. The van der Waals surface area contributed by atoms with Crippen molar-refractivity contribution in [1.82, 2.24) is 0 Å². The minimum atomic E-state index is -1.22. The molecule has 6 nitrogen and oxygen atoms in total. The lowest BCUT2D eigenvalue weighted by Gasteiger charge is -2.27. The summed E-state index contributed by atoms with van der Waals surface area (Å²) in [7, 11) is 1.44. The van der Waals surface area contributed by atoms with Gasteiger partial charge >= 0.3 is 0 Å². The molecule has 0 bridgehead atoms. The highest BCUT2D eigenvalue weighted by atomic mass is 35.5. The Morgan fingerprint density at radius 2 is 1.97 bits per heavy atom. The maximum absolute atomic E-state index is 14.7. The summed E-state index contributed by atoms with van der Waals surface area (Å²) in [5.74, 6) is -2.71. The SMILES string of the molecule is COc1ccc(N2C(=O)C(O)=C(C(=O)c3ccco3)C2c2ccccc2F)cc1Cl. The molecule has 152 valence electrons. The van der Waals surface area contributed by atoms with E-state index in [1.54, 1.807) is 6.07 Å². The molecule has 3 aromatic rings. The average Bonchev–Trinajstić information content (AvgIpc) is 3.36. The van der Waals surface area contributed by atoms with Crippen molar-refractivity contribution in [3.63, 3.8) is 0 Å². The van der Waals surface area contributed by atoms with Crippen molar-refractivity contribution in [1.29, 1.82) is 0 Å². The second-order valence-electron chi connectivity index (χ2n) is 6.49. The van der Waals surface area contributed by atoms with Gasteiger partial charge in [0.05, 0.1) is 30.0 Å². The van der Waals surface area contributed by atoms with Crippen LogP contribution in [-0.4, -0.2) is 23.9 Å². The Morgan fingerprint density at radius 1 is 1.20 bits per heavy atom. The summed E-state index contributed by atoms with van der Waals surface area (Å²) in [5.41, 5.74) is 0.0107. The largest absolute Gasteiger partial charge is 0.503 e. The van der Waals surface area contributed by atoms with E-state index in [9.17, 15) is 19.1 Å². The van der Waals surface area contributed by atoms with Gasteiger partial charge < -0.3 is 14.3 Å². The van der Waals surface area contributed by atoms with Crippen LogP contribution in [0.25, 0.3) is 0 Å². The number of nitrogens with zero attached hydrogens (tertiary/aromatic N) is 1. The van der Waals surface area contributed by atoms with Gasteiger partial charge in [-0.3, -0.25) is 14.5 Å². The second-order valence-corrected chi connectivity index (χ2v) is 6.89. The van der Waals surface area contributed by atoms with E-state index in [4.69, 9.17) is 20.8 Å². The number of rotatable bonds is 5. The van der Waals surface area contributed by atoms with E-state index < -0.39 is 29.3 Å². The van der Waals surface area contributed by atoms with Gasteiger partial charge in [0.2, 0.25) is 5.78 Å². The van der Waals surface area contributed by atoms with Crippen molar-refractivity contribution in [3.05, 3.63) is 94.4 Å². The third-order valence-electron chi connectivity index (χ3n) is 4.81. The van der Waals surface area contributed by atoms with E-state index in [0.29, 0.717) is 5.75 Å². The van der Waals surface area contributed by atoms with Crippen molar-refractivity contribution < 1.29 is 28.2 Å². The fraction of sp³-hybridized carbons (Fsp3) is 0.0909. The summed E-state index contributed by atoms with van der Waals surface area (Å²) in [5, 5.41) is 10.8. The number of aliphatic hydroxyl groups excluding tert-OH is 1. The molecule has 1 unspecified atom stereocenters. The zero-order valence-corrected chi connectivity index (χ0v) is 16.4. The Balaban J connectivity index is 1.90. The van der Waals surface area contributed by atoms with E-state index in [1.807, 2.05) is 0 Å². The minimum absolute atomic E-state index is 0.0387. The van der Waals surface area contributed by atoms with Crippen LogP contribution in [0.1, 0.15) is 22.2 Å². The number of ketones is 1. The quantitative estimate of drug-likeness (QED) is 0.588. The van der Waals surface area contributed by atoms with Gasteiger partial charge in [0.1, 0.15) is 11.6 Å². The lowest BCUT2D eigenvalue weighted by atomic mass is 9.94. The third-order valence-corrected chi connectivity index (χ3v) is 5.11. The summed E-state index contributed by atoms with van der Waals surface area (Å²) in [6.07, 6.45) is 1.29. The van der Waals surface area contributed by atoms with Crippen LogP contribution in [0.3, 0.4) is 0 Å². The Kier molecular flexibility index (Phi) is 5.05. The van der Waals surface area contributed by atoms with Crippen LogP contribution in [0, 0.1) is 5.82 Å². The number of hydrogen-bond acceptors (Lipinski definition) is 5. The molecular formula is C22H15ClFNO5. The average molecular weight is 428 g/mol. The predicted molar refractivity (Wildman–Crippen MR) is 107 cm³/mol. The molecular weight excluding hydrogens is 413 g/mol. The summed E-state index contributed by atoms with van der Waals surface area (Å²) in [4.78, 5) is 27.2. The molecule has 0 fully saturated rings. The lowest BCUT2D eigenvalue weighted by Crippen LogP contribution is -2.31. The molecule has 0 radical (unpaired) electrons. The van der Waals surface area contributed by atoms with Crippen LogP contribution in [-0.2, 0) is 4.79 Å². The van der Waals surface area contributed by atoms with E-state index in [2.05, 4.69) is 0 Å². The standard InChI is InChI=1S/C22H15ClFNO5/c1-29-16-9-8-12(11-14(16)23)25-19(13-5-2-3-6-15(13)24)18(21(27)22(25)28)20(26)17-7-4-10-30-17/h2-11,19,27H,1H3. The number of furan rings is 1. The Labute approximate surface area is 175 Å². The number of carbonyl (C=O) groups excluding carboxylic acids is 2. The number of hydrogen-bond donors (Lipinski definition) is 1. The fourth-order valence-electron chi connectivity index (χ4n) is 3.44. The lowest BCUT2D eigenvalue weighted by molar-refractivity contribution is -0.117. The second kappa shape index (κ2) is 7.68. The first-order valence-electron chi connectivity index (χ1n) is 8.87. The number of anilines is 1. The van der Waals surface area contributed by atoms with Gasteiger partial charge in [0.15, 0.2) is 11.5 Å². The van der Waals surface area contributed by atoms with E-state index in [1.165, 1.54) is 61.9 Å². The maximum Gasteiger partial charge on any atom is 0.294 e. The monoisotopic (exact) mass is 427 g/mol. The van der Waals surface area contributed by atoms with E-state index in [0.717, 1.165) is 4.90 Å². The summed E-state index contributed by atoms with van der Waals surface area (Å²) < 4.78 is 25.0. The van der Waals surface area contributed by atoms with Crippen LogP contribution in [0.5, 0.6) is 5.75 Å². The molecule has 1 amide bonds. The van der Waals surface area contributed by atoms with Gasteiger partial charge in [-0.15, -0.1) is 0 Å². The molecule has 0 aliphatic carbocycles. The normalized spacial score (nSPS) is 16.3. The van der Waals surface area contributed by atoms with Gasteiger partial charge in [0.25, 0.3) is 5.91 Å². The number of ether oxygens (including phenoxy) is 1. The number of carbonyl (C=O) groups is 2. The highest BCUT2D eigenvalue weighted by molar-refractivity contribution is 6.32. The molecule has 1 N–H and O–H groups in total. The highest BCUT2D eigenvalue weighted by Crippen LogP contribution is 2.44. The number of methoxy groups -OCH3 is 1. The zero-order chi connectivity index (χ0) is 21.4. The molecule has 1 atom stereocenters. The molecule has 0 saturated carbocycles. The molecule has 0 saturated heterocycles. The highest BCUT2D eigenvalue weighted by Gasteiger charge is 2.46. The van der Waals surface area contributed by atoms with Gasteiger partial charge in [-0.05, 0) is 36.4 Å². The van der Waals surface area contributed by atoms with Crippen LogP contribution in [0.2, 0.25) is 5.02 Å². The number of Topliss-reactive ketones (excluding diaryl/α,β-unsaturated/α-hetero) is 1. The first-order chi connectivity index (χ1) is 14.4. The predicted octanol–water partition coefficient (Wildman–Crippen LogP) is 4.86. The van der Waals surface area contributed by atoms with E-state index in [-0.39, 0.29) is 27.6 Å². The molecule has 30 heavy (non-hydrogen) atoms. The maximum atomic E-state index is 14.7. The Bertz CT molecular complexity index is 1170. The van der Waals surface area contributed by atoms with Crippen LogP contribution < -0.4 is 9.64 Å². The first-order valence-corrected chi connectivity index (χ1v) is 9.24. The van der Waals surface area contributed by atoms with Crippen LogP contribution in [0.4, 0.5) is 10.1 Å². The molecule has 1 aliphatic heterocycles. The van der Waals surface area contributed by atoms with Gasteiger partial charge in [-0.25, -0.2) is 4.39 Å². The minimum Gasteiger partial charge on any atom is -0.503 e. The van der Waals surface area contributed by atoms with Gasteiger partial charge in [0, 0.05) is 11.3 Å². The van der Waals surface area contributed by atoms with Crippen molar-refractivity contribution in [2.24, 2.45) is 0 Å². The first kappa shape index (κ1) is 19.7. The van der Waals surface area contributed by atoms with Crippen molar-refractivity contribution in [3.8, 4) is 5.75 Å². The van der Waals surface area contributed by atoms with Crippen LogP contribution in [0.15, 0.2) is 76.6 Å². The topological polar surface area (TPSA) is 80.0 Å². The zero-order valence-electron chi connectivity index (χ0n) is 15.6. The third kappa shape index (κ3) is 3.13. The smallest absolute Gasteiger partial charge is 0.294 e. The van der Waals surface area contributed by atoms with Crippen LogP contribution >= 0.6 is 11.6 Å². The Morgan fingerprint density at radius 3 is 2.60 bits per heavy atom. The number of benzene rings is 2. The molecule has 2 aromatic carbocycles. The fourth-order valence-corrected chi connectivity index (χ4v) is 3.69. The number of aliphatic hydroxyl groups is 1. The van der Waals surface area contributed by atoms with Crippen molar-refractivity contribution >= 4 is 29.0 Å². The van der Waals surface area contributed by atoms with Crippen molar-refractivity contribution in [2.45, 2.75) is 6.04 Å².